The van der Waals surface area contributed by atoms with E-state index in [9.17, 15) is 9.59 Å². The van der Waals surface area contributed by atoms with Crippen LogP contribution in [0.3, 0.4) is 0 Å². The molecule has 3 rings (SSSR count). The summed E-state index contributed by atoms with van der Waals surface area (Å²) in [5.74, 6) is -0.585. The van der Waals surface area contributed by atoms with Crippen LogP contribution in [0.2, 0.25) is 0 Å². The number of carbonyl (C=O) groups excluding carboxylic acids is 2. The summed E-state index contributed by atoms with van der Waals surface area (Å²) >= 11 is 0. The molecule has 0 aliphatic heterocycles. The van der Waals surface area contributed by atoms with E-state index in [2.05, 4.69) is 26.1 Å². The zero-order valence-electron chi connectivity index (χ0n) is 14.7. The van der Waals surface area contributed by atoms with Gasteiger partial charge in [0.1, 0.15) is 5.69 Å². The van der Waals surface area contributed by atoms with Crippen LogP contribution < -0.4 is 21.7 Å². The van der Waals surface area contributed by atoms with Gasteiger partial charge in [-0.15, -0.1) is 0 Å². The molecule has 0 atom stereocenters. The number of aryl methyl sites for hydroxylation is 1. The van der Waals surface area contributed by atoms with E-state index in [1.807, 2.05) is 49.4 Å². The molecule has 3 amide bonds. The molecule has 2 aromatic carbocycles. The number of benzene rings is 2. The van der Waals surface area contributed by atoms with Crippen molar-refractivity contribution < 1.29 is 9.59 Å². The van der Waals surface area contributed by atoms with Crippen molar-refractivity contribution in [2.45, 2.75) is 13.5 Å². The van der Waals surface area contributed by atoms with E-state index >= 15 is 0 Å². The molecule has 6 N–H and O–H groups in total. The number of carbonyl (C=O) groups is 2. The van der Waals surface area contributed by atoms with Crippen LogP contribution in [0.4, 0.5) is 21.9 Å². The molecule has 27 heavy (non-hydrogen) atoms. The van der Waals surface area contributed by atoms with Crippen LogP contribution in [0.15, 0.2) is 54.7 Å². The molecular formula is C19H20N6O2. The summed E-state index contributed by atoms with van der Waals surface area (Å²) in [5.41, 5.74) is 9.34. The Morgan fingerprint density at radius 3 is 2.67 bits per heavy atom. The molecule has 0 saturated heterocycles. The van der Waals surface area contributed by atoms with Gasteiger partial charge in [0.2, 0.25) is 0 Å². The second-order valence-corrected chi connectivity index (χ2v) is 5.97. The number of nitrogens with zero attached hydrogens (tertiary/aromatic N) is 1. The first-order chi connectivity index (χ1) is 13.0. The molecular weight excluding hydrogens is 344 g/mol. The first kappa shape index (κ1) is 18.0. The molecule has 138 valence electrons. The Morgan fingerprint density at radius 2 is 1.89 bits per heavy atom. The van der Waals surface area contributed by atoms with Crippen molar-refractivity contribution in [1.82, 2.24) is 10.2 Å². The SMILES string of the molecule is Cc1ccccc1NC(=O)Nc1cccc(CNc2cn[nH]c2C(N)=O)c1. The quantitative estimate of drug-likeness (QED) is 0.461. The number of primary amides is 1. The number of para-hydroxylation sites is 1. The van der Waals surface area contributed by atoms with Gasteiger partial charge in [-0.2, -0.15) is 5.10 Å². The fourth-order valence-electron chi connectivity index (χ4n) is 2.56. The number of hydrogen-bond acceptors (Lipinski definition) is 4. The molecule has 8 heteroatoms. The summed E-state index contributed by atoms with van der Waals surface area (Å²) in [6, 6.07) is 14.6. The molecule has 3 aromatic rings. The molecule has 0 aliphatic rings. The summed E-state index contributed by atoms with van der Waals surface area (Å²) in [7, 11) is 0. The Morgan fingerprint density at radius 1 is 1.07 bits per heavy atom. The van der Waals surface area contributed by atoms with E-state index < -0.39 is 5.91 Å². The van der Waals surface area contributed by atoms with Gasteiger partial charge < -0.3 is 21.7 Å². The van der Waals surface area contributed by atoms with Gasteiger partial charge in [0.05, 0.1) is 11.9 Å². The zero-order valence-corrected chi connectivity index (χ0v) is 14.7. The Kier molecular flexibility index (Phi) is 5.36. The van der Waals surface area contributed by atoms with Crippen molar-refractivity contribution in [2.24, 2.45) is 5.73 Å². The van der Waals surface area contributed by atoms with Crippen LogP contribution >= 0.6 is 0 Å². The molecule has 0 bridgehead atoms. The lowest BCUT2D eigenvalue weighted by atomic mass is 10.2. The molecule has 1 heterocycles. The summed E-state index contributed by atoms with van der Waals surface area (Å²) in [5, 5.41) is 15.1. The lowest BCUT2D eigenvalue weighted by molar-refractivity contribution is 0.0996. The normalized spacial score (nSPS) is 10.3. The van der Waals surface area contributed by atoms with Gasteiger partial charge in [-0.05, 0) is 36.2 Å². The van der Waals surface area contributed by atoms with Crippen molar-refractivity contribution >= 4 is 29.0 Å². The minimum Gasteiger partial charge on any atom is -0.378 e. The third-order valence-electron chi connectivity index (χ3n) is 3.95. The topological polar surface area (TPSA) is 125 Å². The van der Waals surface area contributed by atoms with Gasteiger partial charge in [-0.3, -0.25) is 9.89 Å². The number of hydrogen-bond donors (Lipinski definition) is 5. The molecule has 0 unspecified atom stereocenters. The first-order valence-corrected chi connectivity index (χ1v) is 8.32. The molecule has 0 saturated carbocycles. The fourth-order valence-corrected chi connectivity index (χ4v) is 2.56. The second-order valence-electron chi connectivity index (χ2n) is 5.97. The zero-order chi connectivity index (χ0) is 19.2. The highest BCUT2D eigenvalue weighted by atomic mass is 16.2. The van der Waals surface area contributed by atoms with E-state index in [4.69, 9.17) is 5.73 Å². The highest BCUT2D eigenvalue weighted by Gasteiger charge is 2.10. The van der Waals surface area contributed by atoms with Crippen LogP contribution in [-0.2, 0) is 6.54 Å². The third-order valence-corrected chi connectivity index (χ3v) is 3.95. The monoisotopic (exact) mass is 364 g/mol. The lowest BCUT2D eigenvalue weighted by Crippen LogP contribution is -2.20. The number of aromatic nitrogens is 2. The Bertz CT molecular complexity index is 966. The van der Waals surface area contributed by atoms with Crippen LogP contribution in [-0.4, -0.2) is 22.1 Å². The van der Waals surface area contributed by atoms with Crippen LogP contribution in [0.25, 0.3) is 0 Å². The molecule has 0 radical (unpaired) electrons. The van der Waals surface area contributed by atoms with E-state index in [1.165, 1.54) is 6.20 Å². The predicted molar refractivity (Wildman–Crippen MR) is 105 cm³/mol. The number of urea groups is 1. The van der Waals surface area contributed by atoms with Crippen LogP contribution in [0.1, 0.15) is 21.6 Å². The van der Waals surface area contributed by atoms with Crippen LogP contribution in [0.5, 0.6) is 0 Å². The van der Waals surface area contributed by atoms with Crippen LogP contribution in [0, 0.1) is 6.92 Å². The molecule has 8 nitrogen and oxygen atoms in total. The number of amides is 3. The number of anilines is 3. The highest BCUT2D eigenvalue weighted by molar-refractivity contribution is 6.00. The van der Waals surface area contributed by atoms with Gasteiger partial charge in [-0.1, -0.05) is 30.3 Å². The summed E-state index contributed by atoms with van der Waals surface area (Å²) in [6.07, 6.45) is 1.50. The largest absolute Gasteiger partial charge is 0.378 e. The van der Waals surface area contributed by atoms with E-state index in [0.29, 0.717) is 17.9 Å². The lowest BCUT2D eigenvalue weighted by Gasteiger charge is -2.11. The Balaban J connectivity index is 1.61. The van der Waals surface area contributed by atoms with Crippen molar-refractivity contribution in [3.63, 3.8) is 0 Å². The maximum Gasteiger partial charge on any atom is 0.323 e. The van der Waals surface area contributed by atoms with E-state index in [1.54, 1.807) is 6.07 Å². The van der Waals surface area contributed by atoms with E-state index in [0.717, 1.165) is 16.8 Å². The average molecular weight is 364 g/mol. The maximum absolute atomic E-state index is 12.2. The van der Waals surface area contributed by atoms with E-state index in [-0.39, 0.29) is 11.7 Å². The van der Waals surface area contributed by atoms with Gasteiger partial charge in [-0.25, -0.2) is 4.79 Å². The second kappa shape index (κ2) is 8.05. The minimum absolute atomic E-state index is 0.224. The fraction of sp³-hybridized carbons (Fsp3) is 0.105. The number of aromatic amines is 1. The first-order valence-electron chi connectivity index (χ1n) is 8.32. The molecule has 1 aromatic heterocycles. The van der Waals surface area contributed by atoms with Gasteiger partial charge in [0.25, 0.3) is 5.91 Å². The Labute approximate surface area is 156 Å². The molecule has 0 spiro atoms. The van der Waals surface area contributed by atoms with Crippen molar-refractivity contribution in [3.05, 3.63) is 71.5 Å². The highest BCUT2D eigenvalue weighted by Crippen LogP contribution is 2.17. The number of nitrogens with one attached hydrogen (secondary N) is 4. The predicted octanol–water partition coefficient (Wildman–Crippen LogP) is 3.07. The maximum atomic E-state index is 12.2. The number of H-pyrrole nitrogens is 1. The summed E-state index contributed by atoms with van der Waals surface area (Å²) in [4.78, 5) is 23.5. The summed E-state index contributed by atoms with van der Waals surface area (Å²) < 4.78 is 0. The number of rotatable bonds is 6. The number of nitrogens with two attached hydrogens (primary N) is 1. The average Bonchev–Trinajstić information content (AvgIpc) is 3.11. The standard InChI is InChI=1S/C19H20N6O2/c1-12-5-2-3-8-15(12)24-19(27)23-14-7-4-6-13(9-14)10-21-16-11-22-25-17(16)18(20)26/h2-9,11,21H,10H2,1H3,(H2,20,26)(H,22,25)(H2,23,24,27). The van der Waals surface area contributed by atoms with Crippen molar-refractivity contribution in [3.8, 4) is 0 Å². The molecule has 0 fully saturated rings. The van der Waals surface area contributed by atoms with Crippen molar-refractivity contribution in [2.75, 3.05) is 16.0 Å². The smallest absolute Gasteiger partial charge is 0.323 e. The van der Waals surface area contributed by atoms with Crippen molar-refractivity contribution in [1.29, 1.82) is 0 Å². The third kappa shape index (κ3) is 4.63. The Hall–Kier alpha value is -3.81. The van der Waals surface area contributed by atoms with Gasteiger partial charge in [0.15, 0.2) is 0 Å². The van der Waals surface area contributed by atoms with Gasteiger partial charge in [0, 0.05) is 17.9 Å². The van der Waals surface area contributed by atoms with Gasteiger partial charge >= 0.3 is 6.03 Å². The molecule has 0 aliphatic carbocycles. The summed E-state index contributed by atoms with van der Waals surface area (Å²) in [6.45, 7) is 2.37. The minimum atomic E-state index is -0.585.